The zero-order valence-electron chi connectivity index (χ0n) is 17.0. The lowest BCUT2D eigenvalue weighted by Gasteiger charge is -2.26. The maximum Gasteiger partial charge on any atom is 0.407 e. The molecule has 0 aliphatic rings. The highest BCUT2D eigenvalue weighted by atomic mass is 16.6. The largest absolute Gasteiger partial charge is 0.444 e. The first-order valence-electron chi connectivity index (χ1n) is 9.06. The second-order valence-corrected chi connectivity index (χ2v) is 8.19. The standard InChI is InChI=1S/C18H37N3O4/c1-14(2)8-9-18(6,7)25-16(23)21-13-11-19-10-12-20-15(22)24-17(3,4)5/h14,19H,8-13H2,1-7H3,(H,20,22)(H,21,23). The van der Waals surface area contributed by atoms with Crippen molar-refractivity contribution in [2.75, 3.05) is 26.2 Å². The zero-order valence-corrected chi connectivity index (χ0v) is 17.0. The molecular weight excluding hydrogens is 322 g/mol. The molecule has 0 bridgehead atoms. The van der Waals surface area contributed by atoms with Gasteiger partial charge in [-0.25, -0.2) is 9.59 Å². The van der Waals surface area contributed by atoms with Gasteiger partial charge in [0.25, 0.3) is 0 Å². The molecule has 0 aromatic heterocycles. The van der Waals surface area contributed by atoms with E-state index in [-0.39, 0.29) is 0 Å². The van der Waals surface area contributed by atoms with Crippen molar-refractivity contribution < 1.29 is 19.1 Å². The Morgan fingerprint density at radius 2 is 1.32 bits per heavy atom. The molecule has 0 aliphatic carbocycles. The van der Waals surface area contributed by atoms with Gasteiger partial charge in [-0.05, 0) is 53.4 Å². The quantitative estimate of drug-likeness (QED) is 0.522. The van der Waals surface area contributed by atoms with Gasteiger partial charge in [0.1, 0.15) is 11.2 Å². The van der Waals surface area contributed by atoms with E-state index in [4.69, 9.17) is 9.47 Å². The fraction of sp³-hybridized carbons (Fsp3) is 0.889. The molecule has 0 unspecified atom stereocenters. The van der Waals surface area contributed by atoms with Crippen LogP contribution >= 0.6 is 0 Å². The SMILES string of the molecule is CC(C)CCC(C)(C)OC(=O)NCCNCCNC(=O)OC(C)(C)C. The number of carbonyl (C=O) groups excluding carboxylic acids is 2. The Kier molecular flexibility index (Phi) is 10.5. The predicted molar refractivity (Wildman–Crippen MR) is 99.7 cm³/mol. The van der Waals surface area contributed by atoms with Crippen molar-refractivity contribution in [3.05, 3.63) is 0 Å². The summed E-state index contributed by atoms with van der Waals surface area (Å²) in [7, 11) is 0. The number of hydrogen-bond donors (Lipinski definition) is 3. The van der Waals surface area contributed by atoms with Gasteiger partial charge in [-0.2, -0.15) is 0 Å². The summed E-state index contributed by atoms with van der Waals surface area (Å²) in [6, 6.07) is 0. The van der Waals surface area contributed by atoms with E-state index in [1.807, 2.05) is 34.6 Å². The molecule has 0 aromatic rings. The minimum absolute atomic E-state index is 0.401. The zero-order chi connectivity index (χ0) is 19.5. The average Bonchev–Trinajstić information content (AvgIpc) is 2.41. The van der Waals surface area contributed by atoms with Crippen molar-refractivity contribution in [1.29, 1.82) is 0 Å². The van der Waals surface area contributed by atoms with Crippen molar-refractivity contribution >= 4 is 12.2 Å². The average molecular weight is 360 g/mol. The maximum absolute atomic E-state index is 11.8. The van der Waals surface area contributed by atoms with Crippen molar-refractivity contribution in [2.45, 2.75) is 72.5 Å². The Labute approximate surface area is 152 Å². The molecule has 0 fully saturated rings. The van der Waals surface area contributed by atoms with Crippen molar-refractivity contribution in [3.63, 3.8) is 0 Å². The molecule has 3 N–H and O–H groups in total. The fourth-order valence-corrected chi connectivity index (χ4v) is 1.92. The van der Waals surface area contributed by atoms with Gasteiger partial charge in [0.15, 0.2) is 0 Å². The van der Waals surface area contributed by atoms with Gasteiger partial charge in [0, 0.05) is 26.2 Å². The van der Waals surface area contributed by atoms with Gasteiger partial charge in [0.05, 0.1) is 0 Å². The smallest absolute Gasteiger partial charge is 0.407 e. The Morgan fingerprint density at radius 3 is 1.76 bits per heavy atom. The van der Waals surface area contributed by atoms with Crippen LogP contribution in [0, 0.1) is 5.92 Å². The number of amides is 2. The molecule has 0 heterocycles. The Morgan fingerprint density at radius 1 is 0.840 bits per heavy atom. The van der Waals surface area contributed by atoms with Gasteiger partial charge in [-0.1, -0.05) is 13.8 Å². The fourth-order valence-electron chi connectivity index (χ4n) is 1.92. The normalized spacial score (nSPS) is 12.0. The van der Waals surface area contributed by atoms with Gasteiger partial charge in [0.2, 0.25) is 0 Å². The highest BCUT2D eigenvalue weighted by Crippen LogP contribution is 2.19. The molecule has 0 rings (SSSR count). The van der Waals surface area contributed by atoms with E-state index in [0.29, 0.717) is 32.1 Å². The second kappa shape index (κ2) is 11.2. The lowest BCUT2D eigenvalue weighted by atomic mass is 9.97. The predicted octanol–water partition coefficient (Wildman–Crippen LogP) is 3.04. The topological polar surface area (TPSA) is 88.7 Å². The summed E-state index contributed by atoms with van der Waals surface area (Å²) in [6.07, 6.45) is 1.03. The van der Waals surface area contributed by atoms with Crippen LogP contribution in [0.25, 0.3) is 0 Å². The summed E-state index contributed by atoms with van der Waals surface area (Å²) in [6.45, 7) is 15.7. The first-order chi connectivity index (χ1) is 11.4. The van der Waals surface area contributed by atoms with E-state index in [0.717, 1.165) is 12.8 Å². The molecule has 2 amide bonds. The van der Waals surface area contributed by atoms with E-state index in [9.17, 15) is 9.59 Å². The van der Waals surface area contributed by atoms with Crippen molar-refractivity contribution in [2.24, 2.45) is 5.92 Å². The Bertz CT molecular complexity index is 404. The summed E-state index contributed by atoms with van der Waals surface area (Å²) in [4.78, 5) is 23.2. The summed E-state index contributed by atoms with van der Waals surface area (Å²) in [5.41, 5.74) is -0.955. The molecule has 0 atom stereocenters. The van der Waals surface area contributed by atoms with Crippen LogP contribution in [0.15, 0.2) is 0 Å². The minimum atomic E-state index is -0.495. The second-order valence-electron chi connectivity index (χ2n) is 8.19. The van der Waals surface area contributed by atoms with E-state index in [1.54, 1.807) is 0 Å². The minimum Gasteiger partial charge on any atom is -0.444 e. The summed E-state index contributed by atoms with van der Waals surface area (Å²) in [5, 5.41) is 8.50. The van der Waals surface area contributed by atoms with Crippen molar-refractivity contribution in [1.82, 2.24) is 16.0 Å². The molecule has 0 aromatic carbocycles. The molecule has 0 saturated carbocycles. The number of carbonyl (C=O) groups is 2. The molecule has 7 nitrogen and oxygen atoms in total. The monoisotopic (exact) mass is 359 g/mol. The number of nitrogens with one attached hydrogen (secondary N) is 3. The molecule has 0 aliphatic heterocycles. The molecule has 0 spiro atoms. The van der Waals surface area contributed by atoms with E-state index >= 15 is 0 Å². The molecule has 148 valence electrons. The lowest BCUT2D eigenvalue weighted by molar-refractivity contribution is 0.0291. The summed E-state index contributed by atoms with van der Waals surface area (Å²) >= 11 is 0. The van der Waals surface area contributed by atoms with Crippen LogP contribution in [0.1, 0.15) is 61.3 Å². The molecular formula is C18H37N3O4. The first-order valence-corrected chi connectivity index (χ1v) is 9.06. The van der Waals surface area contributed by atoms with E-state index in [1.165, 1.54) is 0 Å². The van der Waals surface area contributed by atoms with Crippen LogP contribution in [-0.4, -0.2) is 49.6 Å². The van der Waals surface area contributed by atoms with Crippen LogP contribution in [0.3, 0.4) is 0 Å². The highest BCUT2D eigenvalue weighted by Gasteiger charge is 2.22. The number of rotatable bonds is 10. The van der Waals surface area contributed by atoms with Crippen LogP contribution in [-0.2, 0) is 9.47 Å². The number of ether oxygens (including phenoxy) is 2. The van der Waals surface area contributed by atoms with Crippen LogP contribution < -0.4 is 16.0 Å². The third-order valence-corrected chi connectivity index (χ3v) is 3.23. The summed E-state index contributed by atoms with van der Waals surface area (Å²) < 4.78 is 10.6. The Hall–Kier alpha value is -1.50. The molecule has 0 radical (unpaired) electrons. The molecule has 0 saturated heterocycles. The van der Waals surface area contributed by atoms with Gasteiger partial charge in [-0.15, -0.1) is 0 Å². The van der Waals surface area contributed by atoms with Crippen molar-refractivity contribution in [3.8, 4) is 0 Å². The summed E-state index contributed by atoms with van der Waals surface area (Å²) in [5.74, 6) is 0.587. The van der Waals surface area contributed by atoms with Gasteiger partial charge in [-0.3, -0.25) is 0 Å². The molecule has 25 heavy (non-hydrogen) atoms. The van der Waals surface area contributed by atoms with Crippen LogP contribution in [0.5, 0.6) is 0 Å². The Balaban J connectivity index is 3.68. The third kappa shape index (κ3) is 15.8. The van der Waals surface area contributed by atoms with E-state index in [2.05, 4.69) is 29.8 Å². The van der Waals surface area contributed by atoms with E-state index < -0.39 is 23.4 Å². The van der Waals surface area contributed by atoms with Gasteiger partial charge >= 0.3 is 12.2 Å². The van der Waals surface area contributed by atoms with Crippen LogP contribution in [0.4, 0.5) is 9.59 Å². The molecule has 7 heteroatoms. The van der Waals surface area contributed by atoms with Gasteiger partial charge < -0.3 is 25.4 Å². The number of alkyl carbamates (subject to hydrolysis) is 2. The number of hydrogen-bond acceptors (Lipinski definition) is 5. The van der Waals surface area contributed by atoms with Crippen LogP contribution in [0.2, 0.25) is 0 Å². The lowest BCUT2D eigenvalue weighted by Crippen LogP contribution is -2.40. The maximum atomic E-state index is 11.8. The highest BCUT2D eigenvalue weighted by molar-refractivity contribution is 5.68. The third-order valence-electron chi connectivity index (χ3n) is 3.23. The first kappa shape index (κ1) is 23.5.